The smallest absolute Gasteiger partial charge is 0.300 e. The zero-order valence-electron chi connectivity index (χ0n) is 19.8. The van der Waals surface area contributed by atoms with E-state index in [2.05, 4.69) is 24.1 Å². The molecule has 178 valence electrons. The summed E-state index contributed by atoms with van der Waals surface area (Å²) in [5, 5.41) is 12.9. The van der Waals surface area contributed by atoms with E-state index < -0.39 is 6.29 Å². The third kappa shape index (κ3) is 4.24. The summed E-state index contributed by atoms with van der Waals surface area (Å²) >= 11 is 0. The maximum absolute atomic E-state index is 13.1. The highest BCUT2D eigenvalue weighted by molar-refractivity contribution is 5.98. The molecule has 1 aliphatic carbocycles. The fourth-order valence-corrected chi connectivity index (χ4v) is 5.28. The molecule has 2 aliphatic rings. The second-order valence-corrected chi connectivity index (χ2v) is 9.76. The van der Waals surface area contributed by atoms with Crippen LogP contribution in [0.25, 0.3) is 22.2 Å². The fraction of sp³-hybridized carbons (Fsp3) is 0.310. The van der Waals surface area contributed by atoms with Crippen molar-refractivity contribution in [1.82, 2.24) is 4.98 Å². The van der Waals surface area contributed by atoms with Crippen molar-refractivity contribution in [3.8, 4) is 11.1 Å². The number of Topliss-reactive ketones (excluding diaryl/α,β-unsaturated/α-hetero) is 1. The number of hydrogen-bond donors (Lipinski definition) is 2. The summed E-state index contributed by atoms with van der Waals surface area (Å²) in [6.07, 6.45) is 1.96. The van der Waals surface area contributed by atoms with Crippen molar-refractivity contribution in [2.45, 2.75) is 45.5 Å². The van der Waals surface area contributed by atoms with Crippen LogP contribution in [0.15, 0.2) is 65.1 Å². The molecule has 1 saturated carbocycles. The number of aliphatic hydroxyl groups excluding tert-OH is 1. The van der Waals surface area contributed by atoms with Crippen LogP contribution >= 0.6 is 0 Å². The van der Waals surface area contributed by atoms with E-state index in [1.807, 2.05) is 60.7 Å². The molecule has 2 N–H and O–H groups in total. The molecule has 0 bridgehead atoms. The third-order valence-electron chi connectivity index (χ3n) is 7.47. The molecule has 4 atom stereocenters. The van der Waals surface area contributed by atoms with Gasteiger partial charge in [0.2, 0.25) is 0 Å². The Bertz CT molecular complexity index is 1350. The number of carbonyl (C=O) groups is 1. The number of fused-ring (bicyclic) bond motifs is 1. The largest absolute Gasteiger partial charge is 0.423 e. The second-order valence-electron chi connectivity index (χ2n) is 9.76. The average Bonchev–Trinajstić information content (AvgIpc) is 3.22. The molecule has 1 aliphatic heterocycles. The minimum atomic E-state index is -0.691. The Hall–Kier alpha value is -3.48. The first-order chi connectivity index (χ1) is 17.0. The number of ketones is 1. The van der Waals surface area contributed by atoms with Gasteiger partial charge >= 0.3 is 0 Å². The van der Waals surface area contributed by atoms with Crippen molar-refractivity contribution in [1.29, 1.82) is 0 Å². The number of nitrogens with zero attached hydrogens (tertiary/aromatic N) is 1. The normalized spacial score (nSPS) is 23.5. The van der Waals surface area contributed by atoms with E-state index in [4.69, 9.17) is 9.15 Å². The lowest BCUT2D eigenvalue weighted by atomic mass is 9.86. The molecule has 0 radical (unpaired) electrons. The molecule has 3 unspecified atom stereocenters. The van der Waals surface area contributed by atoms with Gasteiger partial charge in [0, 0.05) is 23.1 Å². The Kier molecular flexibility index (Phi) is 5.43. The van der Waals surface area contributed by atoms with Crippen LogP contribution in [-0.2, 0) is 4.74 Å². The minimum Gasteiger partial charge on any atom is -0.423 e. The Morgan fingerprint density at radius 2 is 1.63 bits per heavy atom. The summed E-state index contributed by atoms with van der Waals surface area (Å²) in [6.45, 7) is 4.13. The molecule has 1 aromatic heterocycles. The SMILES string of the molecule is Cc1cc2nc(Nc3ccc(-c4ccc(C(=O)C5CCC[C@H]5C5OC5O)cc4)cc3)oc2cc1C. The molecular formula is C29H28N2O4. The van der Waals surface area contributed by atoms with Gasteiger partial charge in [-0.2, -0.15) is 4.98 Å². The Labute approximate surface area is 203 Å². The van der Waals surface area contributed by atoms with Crippen molar-refractivity contribution < 1.29 is 19.1 Å². The second kappa shape index (κ2) is 8.63. The van der Waals surface area contributed by atoms with Gasteiger partial charge < -0.3 is 19.6 Å². The predicted octanol–water partition coefficient (Wildman–Crippen LogP) is 6.17. The standard InChI is InChI=1S/C29H28N2O4/c1-16-14-24-25(15-17(16)2)34-29(31-24)30-21-12-10-19(11-13-21)18-6-8-20(9-7-18)26(32)22-4-3-5-23(22)27-28(33)35-27/h6-15,22-23,27-28,33H,3-5H2,1-2H3,(H,30,31)/t22?,23-,27?,28?/m1/s1. The van der Waals surface area contributed by atoms with Gasteiger partial charge in [0.15, 0.2) is 17.7 Å². The highest BCUT2D eigenvalue weighted by atomic mass is 16.7. The number of anilines is 2. The van der Waals surface area contributed by atoms with Crippen molar-refractivity contribution >= 4 is 28.6 Å². The van der Waals surface area contributed by atoms with E-state index in [9.17, 15) is 9.90 Å². The van der Waals surface area contributed by atoms with Crippen LogP contribution in [0.5, 0.6) is 0 Å². The first kappa shape index (κ1) is 22.0. The molecule has 6 nitrogen and oxygen atoms in total. The van der Waals surface area contributed by atoms with Crippen LogP contribution < -0.4 is 5.32 Å². The predicted molar refractivity (Wildman–Crippen MR) is 135 cm³/mol. The Morgan fingerprint density at radius 1 is 0.971 bits per heavy atom. The quantitative estimate of drug-likeness (QED) is 0.260. The molecule has 0 amide bonds. The number of ether oxygens (including phenoxy) is 1. The van der Waals surface area contributed by atoms with Crippen molar-refractivity contribution in [2.24, 2.45) is 11.8 Å². The van der Waals surface area contributed by atoms with Gasteiger partial charge in [-0.25, -0.2) is 0 Å². The van der Waals surface area contributed by atoms with E-state index in [0.717, 1.165) is 52.7 Å². The molecule has 35 heavy (non-hydrogen) atoms. The van der Waals surface area contributed by atoms with E-state index in [1.165, 1.54) is 11.1 Å². The van der Waals surface area contributed by atoms with Crippen molar-refractivity contribution in [2.75, 3.05) is 5.32 Å². The van der Waals surface area contributed by atoms with Gasteiger partial charge in [-0.15, -0.1) is 0 Å². The van der Waals surface area contributed by atoms with Crippen LogP contribution in [0.4, 0.5) is 11.7 Å². The van der Waals surface area contributed by atoms with E-state index in [1.54, 1.807) is 0 Å². The Morgan fingerprint density at radius 3 is 2.31 bits per heavy atom. The van der Waals surface area contributed by atoms with E-state index in [-0.39, 0.29) is 23.7 Å². The highest BCUT2D eigenvalue weighted by Crippen LogP contribution is 2.43. The number of aryl methyl sites for hydroxylation is 2. The number of aliphatic hydroxyl groups is 1. The van der Waals surface area contributed by atoms with Gasteiger partial charge in [0.1, 0.15) is 11.6 Å². The molecule has 2 heterocycles. The summed E-state index contributed by atoms with van der Waals surface area (Å²) in [7, 11) is 0. The summed E-state index contributed by atoms with van der Waals surface area (Å²) in [4.78, 5) is 17.6. The number of aromatic nitrogens is 1. The van der Waals surface area contributed by atoms with Crippen LogP contribution in [0.1, 0.15) is 40.7 Å². The van der Waals surface area contributed by atoms with Crippen LogP contribution in [0.3, 0.4) is 0 Å². The van der Waals surface area contributed by atoms with E-state index in [0.29, 0.717) is 6.01 Å². The summed E-state index contributed by atoms with van der Waals surface area (Å²) in [5.74, 6) is 0.226. The number of carbonyl (C=O) groups excluding carboxylic acids is 1. The van der Waals surface area contributed by atoms with Gasteiger partial charge in [0.25, 0.3) is 6.01 Å². The molecule has 3 aromatic carbocycles. The van der Waals surface area contributed by atoms with Crippen LogP contribution in [0, 0.1) is 25.7 Å². The summed E-state index contributed by atoms with van der Waals surface area (Å²) < 4.78 is 11.1. The third-order valence-corrected chi connectivity index (χ3v) is 7.47. The first-order valence-corrected chi connectivity index (χ1v) is 12.2. The molecule has 0 spiro atoms. The number of epoxide rings is 1. The number of benzene rings is 3. The zero-order chi connectivity index (χ0) is 24.1. The van der Waals surface area contributed by atoms with E-state index >= 15 is 0 Å². The van der Waals surface area contributed by atoms with Gasteiger partial charge in [-0.05, 0) is 73.2 Å². The minimum absolute atomic E-state index is 0.0620. The van der Waals surface area contributed by atoms with Crippen molar-refractivity contribution in [3.05, 3.63) is 77.4 Å². The van der Waals surface area contributed by atoms with Crippen LogP contribution in [-0.4, -0.2) is 28.3 Å². The molecular weight excluding hydrogens is 440 g/mol. The molecule has 2 fully saturated rings. The maximum atomic E-state index is 13.1. The zero-order valence-corrected chi connectivity index (χ0v) is 19.8. The molecule has 6 rings (SSSR count). The van der Waals surface area contributed by atoms with Gasteiger partial charge in [-0.3, -0.25) is 4.79 Å². The number of nitrogens with one attached hydrogen (secondary N) is 1. The highest BCUT2D eigenvalue weighted by Gasteiger charge is 2.50. The lowest BCUT2D eigenvalue weighted by molar-refractivity contribution is 0.0876. The van der Waals surface area contributed by atoms with Crippen molar-refractivity contribution in [3.63, 3.8) is 0 Å². The summed E-state index contributed by atoms with van der Waals surface area (Å²) in [5.41, 5.74) is 7.69. The molecule has 6 heteroatoms. The summed E-state index contributed by atoms with van der Waals surface area (Å²) in [6, 6.07) is 20.4. The van der Waals surface area contributed by atoms with Crippen LogP contribution in [0.2, 0.25) is 0 Å². The first-order valence-electron chi connectivity index (χ1n) is 12.2. The molecule has 1 saturated heterocycles. The topological polar surface area (TPSA) is 87.9 Å². The Balaban J connectivity index is 1.14. The molecule has 4 aromatic rings. The lowest BCUT2D eigenvalue weighted by Gasteiger charge is -2.16. The van der Waals surface area contributed by atoms with Gasteiger partial charge in [-0.1, -0.05) is 42.8 Å². The van der Waals surface area contributed by atoms with Gasteiger partial charge in [0.05, 0.1) is 0 Å². The number of oxazole rings is 1. The average molecular weight is 469 g/mol. The monoisotopic (exact) mass is 468 g/mol. The number of rotatable bonds is 6. The fourth-order valence-electron chi connectivity index (χ4n) is 5.28. The maximum Gasteiger partial charge on any atom is 0.300 e. The lowest BCUT2D eigenvalue weighted by Crippen LogP contribution is -2.24. The number of hydrogen-bond acceptors (Lipinski definition) is 6.